The number of nitrogens with zero attached hydrogens (tertiary/aromatic N) is 5. The van der Waals surface area contributed by atoms with Crippen LogP contribution >= 0.6 is 0 Å². The first kappa shape index (κ1) is 22.6. The zero-order valence-corrected chi connectivity index (χ0v) is 17.0. The Morgan fingerprint density at radius 3 is 2.48 bits per heavy atom. The summed E-state index contributed by atoms with van der Waals surface area (Å²) in [6, 6.07) is 4.31. The van der Waals surface area contributed by atoms with Gasteiger partial charge in [0, 0.05) is 18.2 Å². The topological polar surface area (TPSA) is 85.1 Å². The zero-order valence-electron chi connectivity index (χ0n) is 17.0. The van der Waals surface area contributed by atoms with Gasteiger partial charge >= 0.3 is 0 Å². The molecule has 0 fully saturated rings. The monoisotopic (exact) mass is 438 g/mol. The molecule has 3 aromatic heterocycles. The van der Waals surface area contributed by atoms with Crippen molar-refractivity contribution in [3.8, 4) is 0 Å². The number of carbonyl (C=O) groups excluding carboxylic acids is 1. The van der Waals surface area contributed by atoms with E-state index in [2.05, 4.69) is 25.4 Å². The summed E-state index contributed by atoms with van der Waals surface area (Å²) in [6.45, 7) is 3.91. The molecule has 0 aliphatic rings. The SMILES string of the molecule is Cc1cc(CC(c2cc(C(F)F)nc3ncnn23)C(C)CCNC=O)cc(C(F)F)n1. The molecule has 2 atom stereocenters. The van der Waals surface area contributed by atoms with Crippen LogP contribution in [0.25, 0.3) is 5.78 Å². The molecular weight excluding hydrogens is 416 g/mol. The third-order valence-corrected chi connectivity index (χ3v) is 5.13. The van der Waals surface area contributed by atoms with E-state index in [1.807, 2.05) is 6.92 Å². The first-order valence-corrected chi connectivity index (χ1v) is 9.71. The molecule has 0 bridgehead atoms. The molecule has 3 aromatic rings. The van der Waals surface area contributed by atoms with Crippen LogP contribution in [-0.4, -0.2) is 37.5 Å². The maximum Gasteiger partial charge on any atom is 0.280 e. The van der Waals surface area contributed by atoms with Crippen molar-refractivity contribution in [2.75, 3.05) is 6.54 Å². The van der Waals surface area contributed by atoms with Gasteiger partial charge in [-0.05, 0) is 49.4 Å². The molecule has 0 aliphatic heterocycles. The van der Waals surface area contributed by atoms with E-state index in [1.54, 1.807) is 13.0 Å². The molecule has 11 heteroatoms. The largest absolute Gasteiger partial charge is 0.359 e. The molecule has 1 N–H and O–H groups in total. The van der Waals surface area contributed by atoms with E-state index in [4.69, 9.17) is 0 Å². The third-order valence-electron chi connectivity index (χ3n) is 5.13. The van der Waals surface area contributed by atoms with E-state index in [0.29, 0.717) is 36.3 Å². The van der Waals surface area contributed by atoms with Crippen molar-refractivity contribution in [1.82, 2.24) is 29.9 Å². The van der Waals surface area contributed by atoms with Gasteiger partial charge in [0.25, 0.3) is 18.6 Å². The van der Waals surface area contributed by atoms with Crippen LogP contribution in [0.5, 0.6) is 0 Å². The van der Waals surface area contributed by atoms with Crippen molar-refractivity contribution >= 4 is 12.2 Å². The highest BCUT2D eigenvalue weighted by molar-refractivity contribution is 5.45. The number of hydrogen-bond donors (Lipinski definition) is 1. The molecular formula is C20H22F4N6O. The number of fused-ring (bicyclic) bond motifs is 1. The van der Waals surface area contributed by atoms with E-state index in [9.17, 15) is 22.4 Å². The average molecular weight is 438 g/mol. The van der Waals surface area contributed by atoms with Gasteiger partial charge in [0.05, 0.1) is 5.69 Å². The number of amides is 1. The van der Waals surface area contributed by atoms with Gasteiger partial charge in [-0.2, -0.15) is 10.1 Å². The van der Waals surface area contributed by atoms with Crippen LogP contribution < -0.4 is 5.32 Å². The van der Waals surface area contributed by atoms with Crippen LogP contribution in [-0.2, 0) is 11.2 Å². The molecule has 2 unspecified atom stereocenters. The van der Waals surface area contributed by atoms with Gasteiger partial charge in [-0.3, -0.25) is 9.78 Å². The molecule has 31 heavy (non-hydrogen) atoms. The standard InChI is InChI=1S/C20H22F4N6O/c1-11(3-4-25-10-31)14(6-13-5-12(2)28-15(7-13)18(21)22)17-8-16(19(23)24)29-20-26-9-27-30(17)20/h5,7-11,14,18-19H,3-4,6H2,1-2H3,(H,25,31). The Hall–Kier alpha value is -3.11. The Kier molecular flexibility index (Phi) is 7.13. The van der Waals surface area contributed by atoms with Gasteiger partial charge in [0.15, 0.2) is 0 Å². The Balaban J connectivity index is 2.06. The van der Waals surface area contributed by atoms with Gasteiger partial charge in [-0.1, -0.05) is 6.92 Å². The second-order valence-corrected chi connectivity index (χ2v) is 7.37. The molecule has 3 rings (SSSR count). The van der Waals surface area contributed by atoms with E-state index >= 15 is 0 Å². The molecule has 0 aliphatic carbocycles. The van der Waals surface area contributed by atoms with E-state index in [-0.39, 0.29) is 29.7 Å². The minimum atomic E-state index is -2.80. The van der Waals surface area contributed by atoms with Crippen molar-refractivity contribution < 1.29 is 22.4 Å². The summed E-state index contributed by atoms with van der Waals surface area (Å²) in [5.41, 5.74) is 0.725. The van der Waals surface area contributed by atoms with Gasteiger partial charge < -0.3 is 5.32 Å². The van der Waals surface area contributed by atoms with Crippen molar-refractivity contribution in [2.24, 2.45) is 5.92 Å². The van der Waals surface area contributed by atoms with Crippen molar-refractivity contribution in [3.63, 3.8) is 0 Å². The van der Waals surface area contributed by atoms with Crippen LogP contribution in [0, 0.1) is 12.8 Å². The smallest absolute Gasteiger partial charge is 0.280 e. The second-order valence-electron chi connectivity index (χ2n) is 7.37. The lowest BCUT2D eigenvalue weighted by Crippen LogP contribution is -2.22. The lowest BCUT2D eigenvalue weighted by Gasteiger charge is -2.25. The fourth-order valence-electron chi connectivity index (χ4n) is 3.65. The van der Waals surface area contributed by atoms with Gasteiger partial charge in [-0.25, -0.2) is 27.1 Å². The number of pyridine rings is 1. The first-order chi connectivity index (χ1) is 14.8. The molecule has 7 nitrogen and oxygen atoms in total. The number of nitrogens with one attached hydrogen (secondary N) is 1. The Morgan fingerprint density at radius 1 is 1.10 bits per heavy atom. The number of alkyl halides is 4. The predicted molar refractivity (Wildman–Crippen MR) is 104 cm³/mol. The molecule has 0 saturated heterocycles. The van der Waals surface area contributed by atoms with Gasteiger partial charge in [0.1, 0.15) is 17.7 Å². The summed E-state index contributed by atoms with van der Waals surface area (Å²) < 4.78 is 54.8. The minimum absolute atomic E-state index is 0.0372. The minimum Gasteiger partial charge on any atom is -0.359 e. The highest BCUT2D eigenvalue weighted by Crippen LogP contribution is 2.33. The number of rotatable bonds is 10. The number of hydrogen-bond acceptors (Lipinski definition) is 5. The lowest BCUT2D eigenvalue weighted by atomic mass is 9.83. The summed E-state index contributed by atoms with van der Waals surface area (Å²) >= 11 is 0. The quantitative estimate of drug-likeness (QED) is 0.296. The zero-order chi connectivity index (χ0) is 22.5. The molecule has 166 valence electrons. The fourth-order valence-corrected chi connectivity index (χ4v) is 3.65. The summed E-state index contributed by atoms with van der Waals surface area (Å²) in [4.78, 5) is 22.3. The molecule has 0 aromatic carbocycles. The predicted octanol–water partition coefficient (Wildman–Crippen LogP) is 3.80. The van der Waals surface area contributed by atoms with E-state index < -0.39 is 18.5 Å². The third kappa shape index (κ3) is 5.33. The van der Waals surface area contributed by atoms with Crippen molar-refractivity contribution in [3.05, 3.63) is 52.9 Å². The van der Waals surface area contributed by atoms with Crippen LogP contribution in [0.15, 0.2) is 24.5 Å². The maximum atomic E-state index is 13.5. The number of aromatic nitrogens is 5. The van der Waals surface area contributed by atoms with Crippen LogP contribution in [0.3, 0.4) is 0 Å². The molecule has 1 amide bonds. The first-order valence-electron chi connectivity index (χ1n) is 9.71. The normalized spacial score (nSPS) is 13.7. The summed E-state index contributed by atoms with van der Waals surface area (Å²) in [7, 11) is 0. The fraction of sp³-hybridized carbons (Fsp3) is 0.450. The van der Waals surface area contributed by atoms with Gasteiger partial charge in [-0.15, -0.1) is 0 Å². The number of carbonyl (C=O) groups is 1. The molecule has 0 saturated carbocycles. The van der Waals surface area contributed by atoms with Crippen molar-refractivity contribution in [2.45, 2.75) is 45.5 Å². The highest BCUT2D eigenvalue weighted by Gasteiger charge is 2.26. The highest BCUT2D eigenvalue weighted by atomic mass is 19.3. The average Bonchev–Trinajstić information content (AvgIpc) is 3.19. The molecule has 3 heterocycles. The Morgan fingerprint density at radius 2 is 1.81 bits per heavy atom. The summed E-state index contributed by atoms with van der Waals surface area (Å²) in [5.74, 6) is -0.461. The van der Waals surface area contributed by atoms with E-state index in [0.717, 1.165) is 0 Å². The van der Waals surface area contributed by atoms with Gasteiger partial charge in [0.2, 0.25) is 6.41 Å². The number of aryl methyl sites for hydroxylation is 1. The van der Waals surface area contributed by atoms with Crippen molar-refractivity contribution in [1.29, 1.82) is 0 Å². The van der Waals surface area contributed by atoms with Crippen LogP contribution in [0.1, 0.15) is 60.5 Å². The van der Waals surface area contributed by atoms with E-state index in [1.165, 1.54) is 23.0 Å². The Labute approximate surface area is 175 Å². The second kappa shape index (κ2) is 9.80. The summed E-state index contributed by atoms with van der Waals surface area (Å²) in [6.07, 6.45) is -2.89. The Bertz CT molecular complexity index is 1040. The lowest BCUT2D eigenvalue weighted by molar-refractivity contribution is -0.109. The maximum absolute atomic E-state index is 13.5. The van der Waals surface area contributed by atoms with Crippen LogP contribution in [0.4, 0.5) is 17.6 Å². The van der Waals surface area contributed by atoms with Crippen LogP contribution in [0.2, 0.25) is 0 Å². The molecule has 0 spiro atoms. The summed E-state index contributed by atoms with van der Waals surface area (Å²) in [5, 5.41) is 6.71. The number of halogens is 4. The molecule has 0 radical (unpaired) electrons.